The number of rotatable bonds is 7. The maximum Gasteiger partial charge on any atom is 0.387 e. The maximum absolute atomic E-state index is 12.9. The Morgan fingerprint density at radius 2 is 1.52 bits per heavy atom. The second-order valence-corrected chi connectivity index (χ2v) is 7.81. The summed E-state index contributed by atoms with van der Waals surface area (Å²) < 4.78 is 29.7. The van der Waals surface area contributed by atoms with Gasteiger partial charge in [0, 0.05) is 38.3 Å². The normalized spacial score (nSPS) is 16.4. The molecule has 6 nitrogen and oxygen atoms in total. The van der Waals surface area contributed by atoms with Gasteiger partial charge in [-0.1, -0.05) is 12.1 Å². The van der Waals surface area contributed by atoms with E-state index in [1.54, 1.807) is 17.0 Å². The van der Waals surface area contributed by atoms with E-state index in [1.165, 1.54) is 12.1 Å². The van der Waals surface area contributed by atoms with Gasteiger partial charge in [-0.3, -0.25) is 14.5 Å². The average molecular weight is 411 g/mol. The number of hydrogen-bond acceptors (Lipinski definition) is 4. The van der Waals surface area contributed by atoms with Gasteiger partial charge in [-0.2, -0.15) is 8.78 Å². The second kappa shape index (κ2) is 10.0. The van der Waals surface area contributed by atoms with Crippen molar-refractivity contribution >= 4 is 11.8 Å². The van der Waals surface area contributed by atoms with E-state index in [2.05, 4.69) is 9.64 Å². The van der Waals surface area contributed by atoms with Crippen LogP contribution in [0.25, 0.3) is 0 Å². The van der Waals surface area contributed by atoms with Gasteiger partial charge in [0.2, 0.25) is 5.91 Å². The van der Waals surface area contributed by atoms with E-state index in [4.69, 9.17) is 0 Å². The van der Waals surface area contributed by atoms with Gasteiger partial charge in [-0.25, -0.2) is 0 Å². The molecular formula is C21H31F2N3O3. The molecular weight excluding hydrogens is 380 g/mol. The number of alkyl halides is 2. The molecule has 0 spiro atoms. The summed E-state index contributed by atoms with van der Waals surface area (Å²) in [5.74, 6) is -0.390. The third-order valence-electron chi connectivity index (χ3n) is 5.21. The molecule has 1 unspecified atom stereocenters. The van der Waals surface area contributed by atoms with Crippen molar-refractivity contribution in [3.8, 4) is 5.75 Å². The first-order valence-electron chi connectivity index (χ1n) is 10.0. The van der Waals surface area contributed by atoms with Crippen LogP contribution >= 0.6 is 0 Å². The van der Waals surface area contributed by atoms with E-state index < -0.39 is 6.61 Å². The first-order valence-corrected chi connectivity index (χ1v) is 10.0. The lowest BCUT2D eigenvalue weighted by molar-refractivity contribution is -0.140. The molecule has 1 aromatic rings. The Bertz CT molecular complexity index is 696. The molecule has 162 valence electrons. The summed E-state index contributed by atoms with van der Waals surface area (Å²) >= 11 is 0. The lowest BCUT2D eigenvalue weighted by atomic mass is 10.1. The summed E-state index contributed by atoms with van der Waals surface area (Å²) in [5.41, 5.74) is 0.121. The summed E-state index contributed by atoms with van der Waals surface area (Å²) in [5, 5.41) is 0. The smallest absolute Gasteiger partial charge is 0.387 e. The van der Waals surface area contributed by atoms with Gasteiger partial charge in [0.25, 0.3) is 5.91 Å². The third kappa shape index (κ3) is 5.65. The number of benzene rings is 1. The Hall–Kier alpha value is -2.22. The number of amides is 2. The predicted molar refractivity (Wildman–Crippen MR) is 107 cm³/mol. The van der Waals surface area contributed by atoms with Gasteiger partial charge in [0.1, 0.15) is 5.75 Å². The minimum absolute atomic E-state index is 0.0745. The van der Waals surface area contributed by atoms with Crippen molar-refractivity contribution in [2.45, 2.75) is 59.4 Å². The van der Waals surface area contributed by atoms with Crippen LogP contribution in [0.1, 0.15) is 45.0 Å². The van der Waals surface area contributed by atoms with E-state index in [0.717, 1.165) is 0 Å². The van der Waals surface area contributed by atoms with Crippen molar-refractivity contribution in [3.63, 3.8) is 0 Å². The molecule has 0 bridgehead atoms. The molecule has 1 aromatic carbocycles. The fraction of sp³-hybridized carbons (Fsp3) is 0.619. The number of hydrogen-bond donors (Lipinski definition) is 0. The van der Waals surface area contributed by atoms with Gasteiger partial charge in [0.15, 0.2) is 0 Å². The Morgan fingerprint density at radius 3 is 2.03 bits per heavy atom. The van der Waals surface area contributed by atoms with E-state index in [-0.39, 0.29) is 41.3 Å². The molecule has 1 heterocycles. The quantitative estimate of drug-likeness (QED) is 0.692. The number of carbonyl (C=O) groups is 2. The van der Waals surface area contributed by atoms with Crippen molar-refractivity contribution in [2.24, 2.45) is 0 Å². The van der Waals surface area contributed by atoms with Crippen LogP contribution < -0.4 is 4.74 Å². The van der Waals surface area contributed by atoms with Crippen molar-refractivity contribution in [1.82, 2.24) is 14.7 Å². The molecule has 0 saturated carbocycles. The zero-order chi connectivity index (χ0) is 21.7. The van der Waals surface area contributed by atoms with Crippen LogP contribution in [0.5, 0.6) is 5.75 Å². The van der Waals surface area contributed by atoms with Crippen molar-refractivity contribution in [1.29, 1.82) is 0 Å². The largest absolute Gasteiger partial charge is 0.434 e. The molecule has 29 heavy (non-hydrogen) atoms. The number of para-hydroxylation sites is 1. The zero-order valence-electron chi connectivity index (χ0n) is 17.8. The molecule has 0 aliphatic carbocycles. The number of nitrogens with zero attached hydrogens (tertiary/aromatic N) is 3. The van der Waals surface area contributed by atoms with Crippen molar-refractivity contribution < 1.29 is 23.1 Å². The van der Waals surface area contributed by atoms with Gasteiger partial charge in [-0.05, 0) is 46.8 Å². The highest BCUT2D eigenvalue weighted by molar-refractivity contribution is 5.97. The van der Waals surface area contributed by atoms with Crippen molar-refractivity contribution in [2.75, 3.05) is 26.2 Å². The summed E-state index contributed by atoms with van der Waals surface area (Å²) in [6, 6.07) is 5.96. The molecule has 0 radical (unpaired) electrons. The molecule has 2 amide bonds. The molecule has 1 atom stereocenters. The Morgan fingerprint density at radius 1 is 0.966 bits per heavy atom. The second-order valence-electron chi connectivity index (χ2n) is 7.81. The molecule has 1 aliphatic heterocycles. The van der Waals surface area contributed by atoms with Crippen LogP contribution in [0.4, 0.5) is 8.78 Å². The summed E-state index contributed by atoms with van der Waals surface area (Å²) in [7, 11) is 0. The van der Waals surface area contributed by atoms with Gasteiger partial charge in [-0.15, -0.1) is 0 Å². The highest BCUT2D eigenvalue weighted by Gasteiger charge is 2.32. The Labute approximate surface area is 171 Å². The minimum Gasteiger partial charge on any atom is -0.434 e. The number of ether oxygens (including phenoxy) is 1. The highest BCUT2D eigenvalue weighted by atomic mass is 19.3. The summed E-state index contributed by atoms with van der Waals surface area (Å²) in [6.07, 6.45) is 0. The zero-order valence-corrected chi connectivity index (χ0v) is 17.8. The molecule has 0 N–H and O–H groups in total. The molecule has 1 fully saturated rings. The van der Waals surface area contributed by atoms with E-state index in [0.29, 0.717) is 26.2 Å². The first-order chi connectivity index (χ1) is 13.6. The SMILES string of the molecule is CC(C(=O)N(C(C)C)C(C)C)N1CCN(C(=O)c2ccccc2OC(F)F)CC1. The summed E-state index contributed by atoms with van der Waals surface area (Å²) in [4.78, 5) is 31.3. The van der Waals surface area contributed by atoms with E-state index in [1.807, 2.05) is 39.5 Å². The molecule has 1 aliphatic rings. The monoisotopic (exact) mass is 411 g/mol. The van der Waals surface area contributed by atoms with E-state index in [9.17, 15) is 18.4 Å². The lowest BCUT2D eigenvalue weighted by Gasteiger charge is -2.41. The van der Waals surface area contributed by atoms with Crippen LogP contribution in [-0.2, 0) is 4.79 Å². The van der Waals surface area contributed by atoms with Crippen LogP contribution in [0.15, 0.2) is 24.3 Å². The molecule has 1 saturated heterocycles. The Balaban J connectivity index is 2.02. The lowest BCUT2D eigenvalue weighted by Crippen LogP contribution is -2.57. The molecule has 0 aromatic heterocycles. The van der Waals surface area contributed by atoms with Crippen LogP contribution in [0, 0.1) is 0 Å². The average Bonchev–Trinajstić information content (AvgIpc) is 2.66. The van der Waals surface area contributed by atoms with Gasteiger partial charge >= 0.3 is 6.61 Å². The first kappa shape index (κ1) is 23.1. The standard InChI is InChI=1S/C21H31F2N3O3/c1-14(2)26(15(3)4)19(27)16(5)24-10-12-25(13-11-24)20(28)17-8-6-7-9-18(17)29-21(22)23/h6-9,14-16,21H,10-13H2,1-5H3. The topological polar surface area (TPSA) is 53.1 Å². The Kier molecular flexibility index (Phi) is 7.96. The number of carbonyl (C=O) groups excluding carboxylic acids is 2. The van der Waals surface area contributed by atoms with Crippen molar-refractivity contribution in [3.05, 3.63) is 29.8 Å². The fourth-order valence-electron chi connectivity index (χ4n) is 3.80. The third-order valence-corrected chi connectivity index (χ3v) is 5.21. The maximum atomic E-state index is 12.9. The predicted octanol–water partition coefficient (Wildman–Crippen LogP) is 3.08. The molecule has 2 rings (SSSR count). The number of piperazine rings is 1. The van der Waals surface area contributed by atoms with Crippen LogP contribution in [-0.4, -0.2) is 77.4 Å². The summed E-state index contributed by atoms with van der Waals surface area (Å²) in [6.45, 7) is 8.83. The van der Waals surface area contributed by atoms with Gasteiger partial charge in [0.05, 0.1) is 11.6 Å². The van der Waals surface area contributed by atoms with Crippen LogP contribution in [0.3, 0.4) is 0 Å². The van der Waals surface area contributed by atoms with Crippen LogP contribution in [0.2, 0.25) is 0 Å². The number of halogens is 2. The highest BCUT2D eigenvalue weighted by Crippen LogP contribution is 2.23. The molecule has 8 heteroatoms. The van der Waals surface area contributed by atoms with E-state index >= 15 is 0 Å². The fourth-order valence-corrected chi connectivity index (χ4v) is 3.80. The minimum atomic E-state index is -2.99. The van der Waals surface area contributed by atoms with Gasteiger partial charge < -0.3 is 14.5 Å².